The SMILES string of the molecule is CC(C)(C)OC(=O)Nc1ccc2c(c1)CC1OCCCC1[C@H](c1ccccc1)N2. The van der Waals surface area contributed by atoms with Crippen LogP contribution in [0.15, 0.2) is 48.5 Å². The van der Waals surface area contributed by atoms with Gasteiger partial charge in [-0.2, -0.15) is 0 Å². The molecule has 1 saturated heterocycles. The van der Waals surface area contributed by atoms with Crippen LogP contribution in [0, 0.1) is 5.92 Å². The smallest absolute Gasteiger partial charge is 0.412 e. The number of rotatable bonds is 2. The van der Waals surface area contributed by atoms with Gasteiger partial charge >= 0.3 is 6.09 Å². The lowest BCUT2D eigenvalue weighted by atomic mass is 9.83. The van der Waals surface area contributed by atoms with Gasteiger partial charge < -0.3 is 14.8 Å². The fraction of sp³-hybridized carbons (Fsp3) is 0.458. The Morgan fingerprint density at radius 2 is 1.97 bits per heavy atom. The van der Waals surface area contributed by atoms with Crippen molar-refractivity contribution >= 4 is 17.5 Å². The van der Waals surface area contributed by atoms with Gasteiger partial charge in [-0.3, -0.25) is 5.32 Å². The Morgan fingerprint density at radius 3 is 2.72 bits per heavy atom. The molecule has 3 atom stereocenters. The van der Waals surface area contributed by atoms with Crippen molar-refractivity contribution in [1.82, 2.24) is 0 Å². The molecule has 0 saturated carbocycles. The molecule has 5 heteroatoms. The fourth-order valence-corrected chi connectivity index (χ4v) is 4.34. The van der Waals surface area contributed by atoms with Gasteiger partial charge in [0.1, 0.15) is 5.60 Å². The summed E-state index contributed by atoms with van der Waals surface area (Å²) in [6, 6.07) is 16.8. The zero-order valence-corrected chi connectivity index (χ0v) is 17.4. The molecule has 2 aliphatic rings. The van der Waals surface area contributed by atoms with Crippen LogP contribution in [0.5, 0.6) is 0 Å². The quantitative estimate of drug-likeness (QED) is 0.702. The second kappa shape index (κ2) is 8.07. The lowest BCUT2D eigenvalue weighted by molar-refractivity contribution is -0.0303. The molecule has 1 amide bonds. The minimum Gasteiger partial charge on any atom is -0.444 e. The van der Waals surface area contributed by atoms with Gasteiger partial charge in [0.15, 0.2) is 0 Å². The van der Waals surface area contributed by atoms with Crippen LogP contribution in [-0.2, 0) is 15.9 Å². The molecule has 2 unspecified atom stereocenters. The van der Waals surface area contributed by atoms with E-state index < -0.39 is 11.7 Å². The van der Waals surface area contributed by atoms with Crippen LogP contribution in [0.2, 0.25) is 0 Å². The molecule has 154 valence electrons. The van der Waals surface area contributed by atoms with Crippen molar-refractivity contribution in [2.45, 2.75) is 57.8 Å². The zero-order valence-electron chi connectivity index (χ0n) is 17.4. The van der Waals surface area contributed by atoms with Crippen molar-refractivity contribution < 1.29 is 14.3 Å². The first-order valence-corrected chi connectivity index (χ1v) is 10.4. The molecule has 2 heterocycles. The van der Waals surface area contributed by atoms with E-state index >= 15 is 0 Å². The average molecular weight is 395 g/mol. The molecule has 4 rings (SSSR count). The van der Waals surface area contributed by atoms with E-state index in [0.717, 1.165) is 42.8 Å². The maximum atomic E-state index is 12.2. The standard InChI is InChI=1S/C24H30N2O3/c1-24(2,3)29-23(27)25-18-11-12-20-17(14-18)15-21-19(10-7-13-28-21)22(26-20)16-8-5-4-6-9-16/h4-6,8-9,11-12,14,19,21-22,26H,7,10,13,15H2,1-3H3,(H,25,27)/t19?,21?,22-/m0/s1. The van der Waals surface area contributed by atoms with E-state index in [0.29, 0.717) is 5.92 Å². The second-order valence-electron chi connectivity index (χ2n) is 8.95. The first kappa shape index (κ1) is 19.8. The molecular formula is C24H30N2O3. The van der Waals surface area contributed by atoms with E-state index in [4.69, 9.17) is 9.47 Å². The Morgan fingerprint density at radius 1 is 1.17 bits per heavy atom. The van der Waals surface area contributed by atoms with Crippen LogP contribution in [0.3, 0.4) is 0 Å². The number of ether oxygens (including phenoxy) is 2. The van der Waals surface area contributed by atoms with Gasteiger partial charge in [0, 0.05) is 30.3 Å². The summed E-state index contributed by atoms with van der Waals surface area (Å²) in [5.41, 5.74) is 3.77. The third kappa shape index (κ3) is 4.73. The molecule has 0 bridgehead atoms. The Bertz CT molecular complexity index is 860. The van der Waals surface area contributed by atoms with Crippen LogP contribution in [0.25, 0.3) is 0 Å². The van der Waals surface area contributed by atoms with Crippen LogP contribution >= 0.6 is 0 Å². The number of carbonyl (C=O) groups excluding carboxylic acids is 1. The number of carbonyl (C=O) groups is 1. The van der Waals surface area contributed by atoms with Crippen LogP contribution in [0.4, 0.5) is 16.2 Å². The Hall–Kier alpha value is -2.53. The summed E-state index contributed by atoms with van der Waals surface area (Å²) in [7, 11) is 0. The third-order valence-electron chi connectivity index (χ3n) is 5.56. The van der Waals surface area contributed by atoms with Crippen LogP contribution in [0.1, 0.15) is 50.8 Å². The van der Waals surface area contributed by atoms with Crippen molar-refractivity contribution in [2.24, 2.45) is 5.92 Å². The van der Waals surface area contributed by atoms with Crippen molar-refractivity contribution in [1.29, 1.82) is 0 Å². The van der Waals surface area contributed by atoms with E-state index in [1.54, 1.807) is 0 Å². The molecule has 2 N–H and O–H groups in total. The highest BCUT2D eigenvalue weighted by molar-refractivity contribution is 5.85. The summed E-state index contributed by atoms with van der Waals surface area (Å²) in [5.74, 6) is 0.417. The molecule has 0 aliphatic carbocycles. The van der Waals surface area contributed by atoms with Crippen molar-refractivity contribution in [3.8, 4) is 0 Å². The monoisotopic (exact) mass is 394 g/mol. The first-order valence-electron chi connectivity index (χ1n) is 10.4. The fourth-order valence-electron chi connectivity index (χ4n) is 4.34. The number of fused-ring (bicyclic) bond motifs is 2. The highest BCUT2D eigenvalue weighted by atomic mass is 16.6. The lowest BCUT2D eigenvalue weighted by Gasteiger charge is -2.35. The lowest BCUT2D eigenvalue weighted by Crippen LogP contribution is -2.36. The summed E-state index contributed by atoms with van der Waals surface area (Å²) in [4.78, 5) is 12.2. The van der Waals surface area contributed by atoms with Crippen LogP contribution < -0.4 is 10.6 Å². The Balaban J connectivity index is 1.60. The largest absolute Gasteiger partial charge is 0.444 e. The van der Waals surface area contributed by atoms with E-state index in [9.17, 15) is 4.79 Å². The maximum absolute atomic E-state index is 12.2. The summed E-state index contributed by atoms with van der Waals surface area (Å²) in [6.45, 7) is 6.39. The molecule has 1 fully saturated rings. The van der Waals surface area contributed by atoms with Gasteiger partial charge in [-0.15, -0.1) is 0 Å². The van der Waals surface area contributed by atoms with Gasteiger partial charge in [0.05, 0.1) is 12.1 Å². The maximum Gasteiger partial charge on any atom is 0.412 e. The number of anilines is 2. The average Bonchev–Trinajstić information content (AvgIpc) is 2.83. The third-order valence-corrected chi connectivity index (χ3v) is 5.56. The zero-order chi connectivity index (χ0) is 20.4. The molecule has 29 heavy (non-hydrogen) atoms. The van der Waals surface area contributed by atoms with E-state index in [1.165, 1.54) is 5.56 Å². The molecule has 2 aromatic rings. The van der Waals surface area contributed by atoms with Gasteiger partial charge in [0.2, 0.25) is 0 Å². The van der Waals surface area contributed by atoms with E-state index in [-0.39, 0.29) is 12.1 Å². The number of nitrogens with one attached hydrogen (secondary N) is 2. The number of hydrogen-bond donors (Lipinski definition) is 2. The normalized spacial score (nSPS) is 23.8. The predicted octanol–water partition coefficient (Wildman–Crippen LogP) is 5.54. The Labute approximate surface area is 172 Å². The minimum absolute atomic E-state index is 0.166. The highest BCUT2D eigenvalue weighted by Crippen LogP contribution is 2.41. The summed E-state index contributed by atoms with van der Waals surface area (Å²) < 4.78 is 11.6. The van der Waals surface area contributed by atoms with Crippen molar-refractivity contribution in [3.05, 3.63) is 59.7 Å². The van der Waals surface area contributed by atoms with Crippen molar-refractivity contribution in [3.63, 3.8) is 0 Å². The topological polar surface area (TPSA) is 59.6 Å². The highest BCUT2D eigenvalue weighted by Gasteiger charge is 2.36. The molecule has 0 radical (unpaired) electrons. The van der Waals surface area contributed by atoms with Crippen molar-refractivity contribution in [2.75, 3.05) is 17.2 Å². The minimum atomic E-state index is -0.524. The molecule has 2 aliphatic heterocycles. The molecule has 0 aromatic heterocycles. The van der Waals surface area contributed by atoms with Gasteiger partial charge in [-0.1, -0.05) is 30.3 Å². The first-order chi connectivity index (χ1) is 13.9. The second-order valence-corrected chi connectivity index (χ2v) is 8.95. The molecule has 0 spiro atoms. The van der Waals surface area contributed by atoms with E-state index in [1.807, 2.05) is 32.9 Å². The number of amides is 1. The summed E-state index contributed by atoms with van der Waals surface area (Å²) in [5, 5.41) is 6.62. The summed E-state index contributed by atoms with van der Waals surface area (Å²) in [6.07, 6.45) is 2.80. The molecular weight excluding hydrogens is 364 g/mol. The van der Waals surface area contributed by atoms with E-state index in [2.05, 4.69) is 47.0 Å². The number of benzene rings is 2. The summed E-state index contributed by atoms with van der Waals surface area (Å²) >= 11 is 0. The number of hydrogen-bond acceptors (Lipinski definition) is 4. The Kier molecular flexibility index (Phi) is 5.50. The van der Waals surface area contributed by atoms with Crippen LogP contribution in [-0.4, -0.2) is 24.4 Å². The van der Waals surface area contributed by atoms with Gasteiger partial charge in [-0.05, 0) is 62.9 Å². The predicted molar refractivity (Wildman–Crippen MR) is 115 cm³/mol. The molecule has 5 nitrogen and oxygen atoms in total. The van der Waals surface area contributed by atoms with Gasteiger partial charge in [0.25, 0.3) is 0 Å². The molecule has 2 aromatic carbocycles. The van der Waals surface area contributed by atoms with Gasteiger partial charge in [-0.25, -0.2) is 4.79 Å².